The van der Waals surface area contributed by atoms with Gasteiger partial charge in [0.15, 0.2) is 11.5 Å². The molecule has 0 amide bonds. The van der Waals surface area contributed by atoms with E-state index in [9.17, 15) is 4.39 Å². The standard InChI is InChI=1S/C12H10FN5/c1-6-9-10(14)15-11(16-12(9)18-17-6)7-2-4-8(13)5-3-7/h2-5H,1H3,(H3,14,15,16,17,18). The molecule has 1 aromatic carbocycles. The van der Waals surface area contributed by atoms with Crippen LogP contribution in [0, 0.1) is 12.7 Å². The van der Waals surface area contributed by atoms with E-state index >= 15 is 0 Å². The van der Waals surface area contributed by atoms with Crippen LogP contribution in [0.1, 0.15) is 5.69 Å². The highest BCUT2D eigenvalue weighted by Gasteiger charge is 2.11. The van der Waals surface area contributed by atoms with Gasteiger partial charge in [-0.05, 0) is 31.2 Å². The maximum absolute atomic E-state index is 12.9. The molecule has 2 heterocycles. The third-order valence-corrected chi connectivity index (χ3v) is 2.72. The highest BCUT2D eigenvalue weighted by Crippen LogP contribution is 2.23. The fraction of sp³-hybridized carbons (Fsp3) is 0.0833. The van der Waals surface area contributed by atoms with Crippen LogP contribution in [0.25, 0.3) is 22.4 Å². The van der Waals surface area contributed by atoms with Crippen molar-refractivity contribution in [3.05, 3.63) is 35.8 Å². The Morgan fingerprint density at radius 1 is 1.17 bits per heavy atom. The number of nitrogens with one attached hydrogen (secondary N) is 1. The van der Waals surface area contributed by atoms with Crippen molar-refractivity contribution in [2.75, 3.05) is 5.73 Å². The number of aromatic amines is 1. The van der Waals surface area contributed by atoms with Crippen LogP contribution in [0.15, 0.2) is 24.3 Å². The number of aryl methyl sites for hydroxylation is 1. The largest absolute Gasteiger partial charge is 0.383 e. The molecule has 18 heavy (non-hydrogen) atoms. The molecule has 3 rings (SSSR count). The minimum atomic E-state index is -0.302. The van der Waals surface area contributed by atoms with E-state index in [2.05, 4.69) is 20.2 Å². The van der Waals surface area contributed by atoms with E-state index in [1.807, 2.05) is 6.92 Å². The Labute approximate surface area is 102 Å². The van der Waals surface area contributed by atoms with Gasteiger partial charge in [-0.3, -0.25) is 5.10 Å². The molecule has 0 atom stereocenters. The number of nitrogen functional groups attached to an aromatic ring is 1. The van der Waals surface area contributed by atoms with E-state index in [4.69, 9.17) is 5.73 Å². The van der Waals surface area contributed by atoms with E-state index in [0.717, 1.165) is 11.1 Å². The number of nitrogens with two attached hydrogens (primary N) is 1. The Bertz CT molecular complexity index is 717. The van der Waals surface area contributed by atoms with Gasteiger partial charge in [-0.2, -0.15) is 5.10 Å². The molecule has 0 radical (unpaired) electrons. The Balaban J connectivity index is 2.21. The Morgan fingerprint density at radius 2 is 1.89 bits per heavy atom. The molecule has 0 unspecified atom stereocenters. The van der Waals surface area contributed by atoms with Gasteiger partial charge in [-0.25, -0.2) is 14.4 Å². The van der Waals surface area contributed by atoms with Gasteiger partial charge in [-0.1, -0.05) is 0 Å². The zero-order valence-electron chi connectivity index (χ0n) is 9.61. The molecule has 0 bridgehead atoms. The molecule has 0 fully saturated rings. The van der Waals surface area contributed by atoms with Gasteiger partial charge < -0.3 is 5.73 Å². The smallest absolute Gasteiger partial charge is 0.186 e. The van der Waals surface area contributed by atoms with Gasteiger partial charge in [0.25, 0.3) is 0 Å². The van der Waals surface area contributed by atoms with Crippen molar-refractivity contribution in [2.45, 2.75) is 6.92 Å². The fourth-order valence-corrected chi connectivity index (χ4v) is 1.83. The van der Waals surface area contributed by atoms with Crippen molar-refractivity contribution < 1.29 is 4.39 Å². The summed E-state index contributed by atoms with van der Waals surface area (Å²) in [6.07, 6.45) is 0. The lowest BCUT2D eigenvalue weighted by atomic mass is 10.2. The second-order valence-electron chi connectivity index (χ2n) is 3.99. The SMILES string of the molecule is Cc1[nH]nc2nc(-c3ccc(F)cc3)nc(N)c12. The highest BCUT2D eigenvalue weighted by molar-refractivity contribution is 5.89. The van der Waals surface area contributed by atoms with Gasteiger partial charge >= 0.3 is 0 Å². The second kappa shape index (κ2) is 3.76. The van der Waals surface area contributed by atoms with Crippen LogP contribution in [0.3, 0.4) is 0 Å². The van der Waals surface area contributed by atoms with Crippen molar-refractivity contribution in [3.63, 3.8) is 0 Å². The minimum absolute atomic E-state index is 0.302. The van der Waals surface area contributed by atoms with E-state index in [0.29, 0.717) is 22.9 Å². The number of rotatable bonds is 1. The lowest BCUT2D eigenvalue weighted by Crippen LogP contribution is -1.97. The van der Waals surface area contributed by atoms with Crippen LogP contribution in [0.2, 0.25) is 0 Å². The first-order valence-electron chi connectivity index (χ1n) is 5.39. The predicted molar refractivity (Wildman–Crippen MR) is 66.2 cm³/mol. The molecule has 90 valence electrons. The van der Waals surface area contributed by atoms with Crippen molar-refractivity contribution in [2.24, 2.45) is 0 Å². The highest BCUT2D eigenvalue weighted by atomic mass is 19.1. The summed E-state index contributed by atoms with van der Waals surface area (Å²) in [5.74, 6) is 0.500. The molecule has 5 nitrogen and oxygen atoms in total. The van der Waals surface area contributed by atoms with Crippen LogP contribution in [-0.4, -0.2) is 20.2 Å². The number of aromatic nitrogens is 4. The van der Waals surface area contributed by atoms with Crippen molar-refractivity contribution in [3.8, 4) is 11.4 Å². The summed E-state index contributed by atoms with van der Waals surface area (Å²) in [6.45, 7) is 1.85. The average molecular weight is 243 g/mol. The van der Waals surface area contributed by atoms with Gasteiger partial charge in [0.05, 0.1) is 5.39 Å². The maximum atomic E-state index is 12.9. The van der Waals surface area contributed by atoms with E-state index in [1.54, 1.807) is 12.1 Å². The van der Waals surface area contributed by atoms with Crippen molar-refractivity contribution >= 4 is 16.9 Å². The predicted octanol–water partition coefficient (Wildman–Crippen LogP) is 2.05. The summed E-state index contributed by atoms with van der Waals surface area (Å²) in [7, 11) is 0. The topological polar surface area (TPSA) is 80.5 Å². The molecular weight excluding hydrogens is 233 g/mol. The molecule has 3 N–H and O–H groups in total. The third-order valence-electron chi connectivity index (χ3n) is 2.72. The summed E-state index contributed by atoms with van der Waals surface area (Å²) in [6, 6.07) is 5.93. The Kier molecular flexibility index (Phi) is 2.22. The quantitative estimate of drug-likeness (QED) is 0.685. The zero-order chi connectivity index (χ0) is 12.7. The zero-order valence-corrected chi connectivity index (χ0v) is 9.61. The third kappa shape index (κ3) is 1.58. The fourth-order valence-electron chi connectivity index (χ4n) is 1.83. The van der Waals surface area contributed by atoms with E-state index in [1.165, 1.54) is 12.1 Å². The summed E-state index contributed by atoms with van der Waals surface area (Å²) in [4.78, 5) is 8.52. The van der Waals surface area contributed by atoms with E-state index < -0.39 is 0 Å². The molecule has 0 aliphatic heterocycles. The van der Waals surface area contributed by atoms with Gasteiger partial charge in [0.1, 0.15) is 11.6 Å². The van der Waals surface area contributed by atoms with Crippen molar-refractivity contribution in [1.29, 1.82) is 0 Å². The van der Waals surface area contributed by atoms with Crippen LogP contribution < -0.4 is 5.73 Å². The van der Waals surface area contributed by atoms with Crippen LogP contribution >= 0.6 is 0 Å². The molecule has 0 aliphatic carbocycles. The van der Waals surface area contributed by atoms with Crippen LogP contribution in [-0.2, 0) is 0 Å². The first-order chi connectivity index (χ1) is 8.65. The number of benzene rings is 1. The van der Waals surface area contributed by atoms with Gasteiger partial charge in [0.2, 0.25) is 0 Å². The average Bonchev–Trinajstić information content (AvgIpc) is 2.72. The summed E-state index contributed by atoms with van der Waals surface area (Å²) < 4.78 is 12.9. The number of H-pyrrole nitrogens is 1. The van der Waals surface area contributed by atoms with Gasteiger partial charge in [-0.15, -0.1) is 0 Å². The summed E-state index contributed by atoms with van der Waals surface area (Å²) >= 11 is 0. The first kappa shape index (κ1) is 10.6. The molecule has 0 saturated carbocycles. The molecule has 2 aromatic heterocycles. The lowest BCUT2D eigenvalue weighted by molar-refractivity contribution is 0.628. The number of nitrogens with zero attached hydrogens (tertiary/aromatic N) is 3. The minimum Gasteiger partial charge on any atom is -0.383 e. The van der Waals surface area contributed by atoms with Crippen molar-refractivity contribution in [1.82, 2.24) is 20.2 Å². The number of fused-ring (bicyclic) bond motifs is 1. The first-order valence-corrected chi connectivity index (χ1v) is 5.39. The summed E-state index contributed by atoms with van der Waals surface area (Å²) in [5.41, 5.74) is 7.92. The molecule has 0 saturated heterocycles. The van der Waals surface area contributed by atoms with Crippen LogP contribution in [0.4, 0.5) is 10.2 Å². The van der Waals surface area contributed by atoms with E-state index in [-0.39, 0.29) is 5.82 Å². The molecular formula is C12H10FN5. The molecule has 0 aliphatic rings. The lowest BCUT2D eigenvalue weighted by Gasteiger charge is -2.02. The number of hydrogen-bond acceptors (Lipinski definition) is 4. The number of anilines is 1. The van der Waals surface area contributed by atoms with Gasteiger partial charge in [0, 0.05) is 11.3 Å². The number of halogens is 1. The number of hydrogen-bond donors (Lipinski definition) is 2. The van der Waals surface area contributed by atoms with Crippen LogP contribution in [0.5, 0.6) is 0 Å². The molecule has 0 spiro atoms. The summed E-state index contributed by atoms with van der Waals surface area (Å²) in [5, 5.41) is 7.59. The molecule has 3 aromatic rings. The monoisotopic (exact) mass is 243 g/mol. The Hall–Kier alpha value is -2.50. The normalized spacial score (nSPS) is 11.0. The maximum Gasteiger partial charge on any atom is 0.186 e. The molecule has 6 heteroatoms. The Morgan fingerprint density at radius 3 is 2.61 bits per heavy atom. The second-order valence-corrected chi connectivity index (χ2v) is 3.99.